The zero-order valence-corrected chi connectivity index (χ0v) is 39.2. The van der Waals surface area contributed by atoms with Crippen LogP contribution in [0.25, 0.3) is 10.2 Å². The first kappa shape index (κ1) is 48.2. The number of nitrogens with one attached hydrogen (secondary N) is 3. The Balaban J connectivity index is 0.792. The summed E-state index contributed by atoms with van der Waals surface area (Å²) in [5, 5.41) is 20.4. The van der Waals surface area contributed by atoms with E-state index >= 15 is 0 Å². The van der Waals surface area contributed by atoms with Crippen molar-refractivity contribution in [1.29, 1.82) is 0 Å². The molecule has 1 unspecified atom stereocenters. The Bertz CT molecular complexity index is 2500. The van der Waals surface area contributed by atoms with Crippen LogP contribution >= 0.6 is 11.3 Å². The van der Waals surface area contributed by atoms with E-state index in [1.807, 2.05) is 0 Å². The number of thiazole rings is 1. The Hall–Kier alpha value is -5.26. The molecule has 5 fully saturated rings. The molecule has 67 heavy (non-hydrogen) atoms. The average molecular weight is 944 g/mol. The summed E-state index contributed by atoms with van der Waals surface area (Å²) < 4.78 is 40.7. The number of piperidine rings is 2. The molecule has 1 atom stereocenters. The number of allylic oxidation sites excluding steroid dienone is 2. The van der Waals surface area contributed by atoms with Crippen LogP contribution < -0.4 is 16.0 Å². The van der Waals surface area contributed by atoms with Crippen molar-refractivity contribution in [2.75, 3.05) is 31.5 Å². The second-order valence-corrected chi connectivity index (χ2v) is 20.7. The van der Waals surface area contributed by atoms with Crippen LogP contribution in [0, 0.1) is 17.3 Å². The monoisotopic (exact) mass is 943 g/mol. The van der Waals surface area contributed by atoms with Crippen molar-refractivity contribution in [2.24, 2.45) is 17.3 Å². The van der Waals surface area contributed by atoms with Crippen LogP contribution in [0.3, 0.4) is 0 Å². The van der Waals surface area contributed by atoms with Crippen molar-refractivity contribution >= 4 is 56.8 Å². The summed E-state index contributed by atoms with van der Waals surface area (Å²) in [6, 6.07) is 5.67. The van der Waals surface area contributed by atoms with Gasteiger partial charge >= 0.3 is 6.18 Å². The number of imide groups is 2. The number of pyridine rings is 1. The number of anilines is 1. The van der Waals surface area contributed by atoms with Gasteiger partial charge in [-0.05, 0) is 159 Å². The molecule has 0 radical (unpaired) electrons. The number of rotatable bonds is 12. The molecule has 4 N–H and O–H groups in total. The fraction of sp³-hybridized carbons (Fsp3) is 0.540. The molecule has 17 heteroatoms. The van der Waals surface area contributed by atoms with Crippen molar-refractivity contribution in [3.8, 4) is 0 Å². The molecule has 2 saturated carbocycles. The van der Waals surface area contributed by atoms with Crippen molar-refractivity contribution < 1.29 is 42.3 Å². The summed E-state index contributed by atoms with van der Waals surface area (Å²) in [4.78, 5) is 76.5. The molecular formula is C50H60F3N7O6S. The van der Waals surface area contributed by atoms with E-state index in [0.717, 1.165) is 91.3 Å². The third-order valence-corrected chi connectivity index (χ3v) is 16.0. The Labute approximate surface area is 392 Å². The molecule has 2 aromatic heterocycles. The van der Waals surface area contributed by atoms with Crippen LogP contribution in [-0.4, -0.2) is 86.6 Å². The minimum atomic E-state index is -4.69. The lowest BCUT2D eigenvalue weighted by atomic mass is 9.65. The van der Waals surface area contributed by atoms with Crippen LogP contribution in [0.15, 0.2) is 65.9 Å². The SMILES string of the molecule is C=C/C(NCCC1CCC2(CC1)CCN(CC1CCC(c3nc4cc(C(C)(C)O)c(NC(=O)c5cccc(C(F)(F)F)n5)cc4s3)CC1)CC2)=C1/C(=O)N(C2CCC(=O)NC2=O)C(=O)/C1=C/C. The maximum Gasteiger partial charge on any atom is 0.433 e. The lowest BCUT2D eigenvalue weighted by Gasteiger charge is -2.47. The fourth-order valence-electron chi connectivity index (χ4n) is 10.9. The minimum Gasteiger partial charge on any atom is -0.386 e. The van der Waals surface area contributed by atoms with Gasteiger partial charge in [0.05, 0.1) is 32.0 Å². The van der Waals surface area contributed by atoms with E-state index in [1.54, 1.807) is 56.4 Å². The number of fused-ring (bicyclic) bond motifs is 1. The predicted molar refractivity (Wildman–Crippen MR) is 248 cm³/mol. The van der Waals surface area contributed by atoms with Crippen LogP contribution in [0.2, 0.25) is 0 Å². The molecule has 5 aliphatic rings. The Kier molecular flexibility index (Phi) is 13.9. The molecule has 1 aromatic carbocycles. The Morgan fingerprint density at radius 3 is 2.33 bits per heavy atom. The highest BCUT2D eigenvalue weighted by molar-refractivity contribution is 7.18. The summed E-state index contributed by atoms with van der Waals surface area (Å²) in [5.74, 6) is -1.46. The van der Waals surface area contributed by atoms with Crippen LogP contribution in [0.5, 0.6) is 0 Å². The number of halogens is 3. The highest BCUT2D eigenvalue weighted by atomic mass is 32.1. The van der Waals surface area contributed by atoms with E-state index < -0.39 is 53.0 Å². The van der Waals surface area contributed by atoms with E-state index in [2.05, 4.69) is 32.4 Å². The molecule has 0 bridgehead atoms. The molecule has 5 heterocycles. The van der Waals surface area contributed by atoms with Gasteiger partial charge in [0.2, 0.25) is 11.8 Å². The molecule has 2 aliphatic carbocycles. The number of hydrogen-bond acceptors (Lipinski definition) is 11. The number of amides is 5. The molecule has 5 amide bonds. The molecule has 8 rings (SSSR count). The summed E-state index contributed by atoms with van der Waals surface area (Å²) in [5.41, 5.74) is -0.165. The smallest absolute Gasteiger partial charge is 0.386 e. The number of benzene rings is 1. The zero-order valence-electron chi connectivity index (χ0n) is 38.4. The van der Waals surface area contributed by atoms with Gasteiger partial charge in [-0.15, -0.1) is 11.3 Å². The normalized spacial score (nSPS) is 24.7. The quantitative estimate of drug-likeness (QED) is 0.102. The molecule has 3 aromatic rings. The van der Waals surface area contributed by atoms with Gasteiger partial charge in [0, 0.05) is 42.4 Å². The average Bonchev–Trinajstić information content (AvgIpc) is 3.82. The molecular weight excluding hydrogens is 884 g/mol. The summed E-state index contributed by atoms with van der Waals surface area (Å²) in [6.45, 7) is 12.7. The van der Waals surface area contributed by atoms with Crippen molar-refractivity contribution in [3.05, 3.63) is 87.9 Å². The van der Waals surface area contributed by atoms with Crippen molar-refractivity contribution in [3.63, 3.8) is 0 Å². The predicted octanol–water partition coefficient (Wildman–Crippen LogP) is 8.28. The maximum absolute atomic E-state index is 13.6. The summed E-state index contributed by atoms with van der Waals surface area (Å²) in [7, 11) is 0. The van der Waals surface area contributed by atoms with Gasteiger partial charge in [-0.25, -0.2) is 9.97 Å². The third-order valence-electron chi connectivity index (χ3n) is 14.8. The Morgan fingerprint density at radius 1 is 0.970 bits per heavy atom. The van der Waals surface area contributed by atoms with Gasteiger partial charge in [-0.3, -0.25) is 34.2 Å². The number of carbonyl (C=O) groups excluding carboxylic acids is 5. The lowest BCUT2D eigenvalue weighted by Crippen LogP contribution is -2.54. The molecule has 1 spiro atoms. The van der Waals surface area contributed by atoms with Crippen LogP contribution in [-0.2, 0) is 31.0 Å². The van der Waals surface area contributed by atoms with Crippen molar-refractivity contribution in [1.82, 2.24) is 30.4 Å². The first-order chi connectivity index (χ1) is 31.9. The number of nitrogens with zero attached hydrogens (tertiary/aromatic N) is 4. The second-order valence-electron chi connectivity index (χ2n) is 19.7. The number of alkyl halides is 3. The van der Waals surface area contributed by atoms with Gasteiger partial charge in [0.15, 0.2) is 0 Å². The third kappa shape index (κ3) is 10.4. The first-order valence-electron chi connectivity index (χ1n) is 23.6. The topological polar surface area (TPSA) is 174 Å². The second kappa shape index (κ2) is 19.4. The molecule has 3 aliphatic heterocycles. The lowest BCUT2D eigenvalue weighted by molar-refractivity contribution is -0.149. The Morgan fingerprint density at radius 2 is 1.69 bits per heavy atom. The minimum absolute atomic E-state index is 0.0634. The highest BCUT2D eigenvalue weighted by Gasteiger charge is 2.47. The van der Waals surface area contributed by atoms with E-state index in [-0.39, 0.29) is 29.7 Å². The molecule has 358 valence electrons. The fourth-order valence-corrected chi connectivity index (χ4v) is 12.1. The van der Waals surface area contributed by atoms with Gasteiger partial charge in [-0.2, -0.15) is 13.2 Å². The molecule has 3 saturated heterocycles. The maximum atomic E-state index is 13.6. The number of carbonyl (C=O) groups is 5. The van der Waals surface area contributed by atoms with Crippen LogP contribution in [0.4, 0.5) is 18.9 Å². The van der Waals surface area contributed by atoms with E-state index in [0.29, 0.717) is 52.2 Å². The summed E-state index contributed by atoms with van der Waals surface area (Å²) >= 11 is 1.56. The number of aromatic nitrogens is 2. The van der Waals surface area contributed by atoms with Gasteiger partial charge in [0.1, 0.15) is 17.4 Å². The zero-order chi connectivity index (χ0) is 47.8. The van der Waals surface area contributed by atoms with Gasteiger partial charge in [0.25, 0.3) is 17.7 Å². The van der Waals surface area contributed by atoms with Crippen LogP contribution in [0.1, 0.15) is 137 Å². The standard InChI is InChI=1S/C50H60F3N7O6S/c1-5-32-42(47(65)60(46(32)64)38-14-15-41(61)58-44(38)63)34(6-2)54-23-18-29-16-19-49(20-17-29)21-24-59(25-22-49)28-30-10-12-31(13-11-30)45-57-37-26-33(48(3,4)66)36(27-39(37)67-45)56-43(62)35-8-7-9-40(55-35)50(51,52)53/h5-9,26-27,29-31,38,54,66H,2,10-25,28H2,1,3-4H3,(H,56,62)(H,58,61,63)/b32-5+,42-34-. The highest BCUT2D eigenvalue weighted by Crippen LogP contribution is 2.48. The van der Waals surface area contributed by atoms with Gasteiger partial charge < -0.3 is 20.6 Å². The van der Waals surface area contributed by atoms with E-state index in [9.17, 15) is 42.3 Å². The van der Waals surface area contributed by atoms with Gasteiger partial charge in [-0.1, -0.05) is 18.7 Å². The molecule has 13 nitrogen and oxygen atoms in total. The summed E-state index contributed by atoms with van der Waals surface area (Å²) in [6.07, 6.45) is 11.0. The largest absolute Gasteiger partial charge is 0.433 e. The van der Waals surface area contributed by atoms with E-state index in [1.165, 1.54) is 31.7 Å². The number of hydrogen-bond donors (Lipinski definition) is 4. The van der Waals surface area contributed by atoms with E-state index in [4.69, 9.17) is 4.98 Å². The first-order valence-corrected chi connectivity index (χ1v) is 24.4. The number of aliphatic hydroxyl groups is 1. The number of likely N-dealkylation sites (tertiary alicyclic amines) is 2. The van der Waals surface area contributed by atoms with Crippen molar-refractivity contribution in [2.45, 2.75) is 128 Å².